The standard InChI is InChI=1S/C10H17NO2/c1-8(6-10(12)13-2)9-4-3-5-11-7-9/h9,11H,1,3-7H2,2H3. The van der Waals surface area contributed by atoms with E-state index in [1.807, 2.05) is 0 Å². The van der Waals surface area contributed by atoms with Crippen molar-refractivity contribution in [2.24, 2.45) is 5.92 Å². The maximum absolute atomic E-state index is 11.0. The third kappa shape index (κ3) is 3.19. The molecule has 0 aromatic heterocycles. The van der Waals surface area contributed by atoms with E-state index in [0.717, 1.165) is 25.1 Å². The van der Waals surface area contributed by atoms with Gasteiger partial charge in [-0.05, 0) is 25.3 Å². The molecule has 1 saturated heterocycles. The van der Waals surface area contributed by atoms with E-state index in [1.165, 1.54) is 13.5 Å². The second-order valence-electron chi connectivity index (χ2n) is 3.45. The molecule has 13 heavy (non-hydrogen) atoms. The van der Waals surface area contributed by atoms with Gasteiger partial charge in [0.25, 0.3) is 0 Å². The van der Waals surface area contributed by atoms with Crippen LogP contribution in [0.15, 0.2) is 12.2 Å². The normalized spacial score (nSPS) is 22.4. The van der Waals surface area contributed by atoms with Crippen LogP contribution in [0.5, 0.6) is 0 Å². The van der Waals surface area contributed by atoms with Crippen LogP contribution < -0.4 is 5.32 Å². The highest BCUT2D eigenvalue weighted by atomic mass is 16.5. The van der Waals surface area contributed by atoms with Gasteiger partial charge >= 0.3 is 5.97 Å². The molecule has 1 unspecified atom stereocenters. The van der Waals surface area contributed by atoms with Crippen LogP contribution in [0.4, 0.5) is 0 Å². The van der Waals surface area contributed by atoms with Gasteiger partial charge in [-0.25, -0.2) is 0 Å². The largest absolute Gasteiger partial charge is 0.469 e. The number of carbonyl (C=O) groups is 1. The smallest absolute Gasteiger partial charge is 0.309 e. The summed E-state index contributed by atoms with van der Waals surface area (Å²) in [5, 5.41) is 3.29. The van der Waals surface area contributed by atoms with Crippen molar-refractivity contribution >= 4 is 5.97 Å². The first-order valence-electron chi connectivity index (χ1n) is 4.69. The van der Waals surface area contributed by atoms with E-state index in [-0.39, 0.29) is 5.97 Å². The van der Waals surface area contributed by atoms with Gasteiger partial charge < -0.3 is 10.1 Å². The average molecular weight is 183 g/mol. The van der Waals surface area contributed by atoms with E-state index in [0.29, 0.717) is 12.3 Å². The number of ether oxygens (including phenoxy) is 1. The molecule has 1 rings (SSSR count). The Labute approximate surface area is 79.2 Å². The lowest BCUT2D eigenvalue weighted by molar-refractivity contribution is -0.139. The molecule has 3 heteroatoms. The highest BCUT2D eigenvalue weighted by Gasteiger charge is 2.17. The first-order chi connectivity index (χ1) is 6.24. The third-order valence-electron chi connectivity index (χ3n) is 2.47. The lowest BCUT2D eigenvalue weighted by Crippen LogP contribution is -2.31. The second-order valence-corrected chi connectivity index (χ2v) is 3.45. The molecule has 1 aliphatic rings. The van der Waals surface area contributed by atoms with Crippen LogP contribution in [-0.2, 0) is 9.53 Å². The number of hydrogen-bond acceptors (Lipinski definition) is 3. The van der Waals surface area contributed by atoms with Gasteiger partial charge in [-0.2, -0.15) is 0 Å². The highest BCUT2D eigenvalue weighted by Crippen LogP contribution is 2.20. The van der Waals surface area contributed by atoms with Gasteiger partial charge in [0.1, 0.15) is 0 Å². The molecule has 0 aromatic carbocycles. The van der Waals surface area contributed by atoms with E-state index < -0.39 is 0 Å². The zero-order valence-corrected chi connectivity index (χ0v) is 8.14. The van der Waals surface area contributed by atoms with Crippen molar-refractivity contribution in [3.05, 3.63) is 12.2 Å². The summed E-state index contributed by atoms with van der Waals surface area (Å²) >= 11 is 0. The molecule has 0 saturated carbocycles. The van der Waals surface area contributed by atoms with Gasteiger partial charge in [-0.15, -0.1) is 0 Å². The molecule has 0 bridgehead atoms. The van der Waals surface area contributed by atoms with Crippen LogP contribution >= 0.6 is 0 Å². The third-order valence-corrected chi connectivity index (χ3v) is 2.47. The lowest BCUT2D eigenvalue weighted by Gasteiger charge is -2.24. The van der Waals surface area contributed by atoms with Gasteiger partial charge in [-0.3, -0.25) is 4.79 Å². The van der Waals surface area contributed by atoms with Crippen LogP contribution in [0.25, 0.3) is 0 Å². The van der Waals surface area contributed by atoms with Crippen LogP contribution in [0, 0.1) is 5.92 Å². The molecule has 0 aromatic rings. The molecule has 1 heterocycles. The number of nitrogens with one attached hydrogen (secondary N) is 1. The van der Waals surface area contributed by atoms with Gasteiger partial charge in [0, 0.05) is 6.54 Å². The summed E-state index contributed by atoms with van der Waals surface area (Å²) in [6, 6.07) is 0. The maximum atomic E-state index is 11.0. The number of methoxy groups -OCH3 is 1. The Morgan fingerprint density at radius 1 is 1.69 bits per heavy atom. The van der Waals surface area contributed by atoms with E-state index in [1.54, 1.807) is 0 Å². The van der Waals surface area contributed by atoms with Crippen molar-refractivity contribution in [1.82, 2.24) is 5.32 Å². The van der Waals surface area contributed by atoms with Crippen LogP contribution in [-0.4, -0.2) is 26.2 Å². The van der Waals surface area contributed by atoms with Gasteiger partial charge in [0.2, 0.25) is 0 Å². The predicted octanol–water partition coefficient (Wildman–Crippen LogP) is 1.11. The first-order valence-corrected chi connectivity index (χ1v) is 4.69. The fraction of sp³-hybridized carbons (Fsp3) is 0.700. The van der Waals surface area contributed by atoms with Gasteiger partial charge in [-0.1, -0.05) is 12.2 Å². The summed E-state index contributed by atoms with van der Waals surface area (Å²) in [5.74, 6) is 0.267. The number of carbonyl (C=O) groups excluding carboxylic acids is 1. The minimum Gasteiger partial charge on any atom is -0.469 e. The lowest BCUT2D eigenvalue weighted by atomic mass is 9.91. The van der Waals surface area contributed by atoms with Crippen molar-refractivity contribution in [2.45, 2.75) is 19.3 Å². The summed E-state index contributed by atoms with van der Waals surface area (Å²) in [4.78, 5) is 11.0. The van der Waals surface area contributed by atoms with E-state index in [9.17, 15) is 4.79 Å². The fourth-order valence-corrected chi connectivity index (χ4v) is 1.60. The molecular weight excluding hydrogens is 166 g/mol. The Balaban J connectivity index is 2.33. The summed E-state index contributed by atoms with van der Waals surface area (Å²) in [6.07, 6.45) is 2.68. The van der Waals surface area contributed by atoms with Gasteiger partial charge in [0.15, 0.2) is 0 Å². The minimum atomic E-state index is -0.185. The zero-order chi connectivity index (χ0) is 9.68. The number of piperidine rings is 1. The molecule has 0 amide bonds. The number of rotatable bonds is 3. The Kier molecular flexibility index (Phi) is 3.96. The highest BCUT2D eigenvalue weighted by molar-refractivity contribution is 5.72. The van der Waals surface area contributed by atoms with E-state index in [2.05, 4.69) is 16.6 Å². The zero-order valence-electron chi connectivity index (χ0n) is 8.14. The number of hydrogen-bond donors (Lipinski definition) is 1. The molecule has 74 valence electrons. The van der Waals surface area contributed by atoms with Crippen molar-refractivity contribution in [3.8, 4) is 0 Å². The summed E-state index contributed by atoms with van der Waals surface area (Å²) in [6.45, 7) is 5.96. The molecule has 0 radical (unpaired) electrons. The Bertz CT molecular complexity index is 195. The topological polar surface area (TPSA) is 38.3 Å². The molecule has 0 aliphatic carbocycles. The van der Waals surface area contributed by atoms with Crippen LogP contribution in [0.1, 0.15) is 19.3 Å². The van der Waals surface area contributed by atoms with Gasteiger partial charge in [0.05, 0.1) is 13.5 Å². The molecular formula is C10H17NO2. The summed E-state index contributed by atoms with van der Waals surface area (Å²) in [5.41, 5.74) is 0.999. The van der Waals surface area contributed by atoms with Crippen LogP contribution in [0.3, 0.4) is 0 Å². The Morgan fingerprint density at radius 3 is 3.00 bits per heavy atom. The van der Waals surface area contributed by atoms with E-state index >= 15 is 0 Å². The monoisotopic (exact) mass is 183 g/mol. The van der Waals surface area contributed by atoms with Crippen molar-refractivity contribution in [2.75, 3.05) is 20.2 Å². The second kappa shape index (κ2) is 5.02. The molecule has 1 aliphatic heterocycles. The fourth-order valence-electron chi connectivity index (χ4n) is 1.60. The molecule has 1 fully saturated rings. The predicted molar refractivity (Wildman–Crippen MR) is 51.4 cm³/mol. The minimum absolute atomic E-state index is 0.185. The summed E-state index contributed by atoms with van der Waals surface area (Å²) in [7, 11) is 1.41. The Hall–Kier alpha value is -0.830. The van der Waals surface area contributed by atoms with Crippen molar-refractivity contribution in [1.29, 1.82) is 0 Å². The molecule has 1 atom stereocenters. The van der Waals surface area contributed by atoms with Crippen molar-refractivity contribution in [3.63, 3.8) is 0 Å². The SMILES string of the molecule is C=C(CC(=O)OC)C1CCCNC1. The summed E-state index contributed by atoms with van der Waals surface area (Å²) < 4.78 is 4.59. The molecule has 3 nitrogen and oxygen atoms in total. The average Bonchev–Trinajstić information content (AvgIpc) is 2.19. The molecule has 0 spiro atoms. The number of esters is 1. The molecule has 1 N–H and O–H groups in total. The Morgan fingerprint density at radius 2 is 2.46 bits per heavy atom. The maximum Gasteiger partial charge on any atom is 0.309 e. The van der Waals surface area contributed by atoms with E-state index in [4.69, 9.17) is 0 Å². The quantitative estimate of drug-likeness (QED) is 0.526. The van der Waals surface area contributed by atoms with Crippen LogP contribution in [0.2, 0.25) is 0 Å². The first kappa shape index (κ1) is 10.3. The van der Waals surface area contributed by atoms with Crippen molar-refractivity contribution < 1.29 is 9.53 Å².